The molecule has 6 heteroatoms. The average molecular weight is 319 g/mol. The fraction of sp³-hybridized carbons (Fsp3) is 0.100. The lowest BCUT2D eigenvalue weighted by molar-refractivity contribution is 0.956. The zero-order valence-corrected chi connectivity index (χ0v) is 11.1. The van der Waals surface area contributed by atoms with Crippen molar-refractivity contribution < 1.29 is 0 Å². The maximum Gasteiger partial charge on any atom is 0.148 e. The molecule has 0 N–H and O–H groups in total. The smallest absolute Gasteiger partial charge is 0.148 e. The lowest BCUT2D eigenvalue weighted by Crippen LogP contribution is -1.98. The Kier molecular flexibility index (Phi) is 3.74. The highest BCUT2D eigenvalue weighted by Gasteiger charge is 2.09. The number of halogens is 3. The molecular formula is C10H6BrCl2N3. The standard InChI is InChI=1S/C10H6BrCl2N3/c11-8-9(12)15-7(16-10(8)13)4-6-2-1-3-14-5-6/h1-3,5H,4H2. The monoisotopic (exact) mass is 317 g/mol. The first-order valence-electron chi connectivity index (χ1n) is 4.43. The van der Waals surface area contributed by atoms with E-state index in [1.165, 1.54) is 0 Å². The Labute approximate surface area is 111 Å². The summed E-state index contributed by atoms with van der Waals surface area (Å²) in [5.74, 6) is 0.575. The molecule has 2 aromatic heterocycles. The van der Waals surface area contributed by atoms with Crippen LogP contribution in [0.25, 0.3) is 0 Å². The molecule has 0 spiro atoms. The van der Waals surface area contributed by atoms with Crippen LogP contribution in [0.15, 0.2) is 29.0 Å². The highest BCUT2D eigenvalue weighted by molar-refractivity contribution is 9.10. The largest absolute Gasteiger partial charge is 0.264 e. The van der Waals surface area contributed by atoms with Crippen molar-refractivity contribution in [1.82, 2.24) is 15.0 Å². The van der Waals surface area contributed by atoms with Gasteiger partial charge in [-0.2, -0.15) is 0 Å². The van der Waals surface area contributed by atoms with E-state index in [2.05, 4.69) is 30.9 Å². The van der Waals surface area contributed by atoms with Crippen LogP contribution in [0.5, 0.6) is 0 Å². The average Bonchev–Trinajstić information content (AvgIpc) is 2.27. The van der Waals surface area contributed by atoms with Crippen LogP contribution in [0.4, 0.5) is 0 Å². The third-order valence-corrected chi connectivity index (χ3v) is 3.66. The van der Waals surface area contributed by atoms with Gasteiger partial charge in [0.25, 0.3) is 0 Å². The molecule has 0 saturated heterocycles. The van der Waals surface area contributed by atoms with Gasteiger partial charge in [-0.1, -0.05) is 29.3 Å². The van der Waals surface area contributed by atoms with Gasteiger partial charge < -0.3 is 0 Å². The van der Waals surface area contributed by atoms with Crippen LogP contribution in [-0.2, 0) is 6.42 Å². The van der Waals surface area contributed by atoms with Gasteiger partial charge in [0, 0.05) is 18.8 Å². The summed E-state index contributed by atoms with van der Waals surface area (Å²) in [7, 11) is 0. The van der Waals surface area contributed by atoms with E-state index in [0.717, 1.165) is 5.56 Å². The second kappa shape index (κ2) is 5.08. The molecule has 0 atom stereocenters. The van der Waals surface area contributed by atoms with Crippen LogP contribution in [0, 0.1) is 0 Å². The Bertz CT molecular complexity index is 482. The fourth-order valence-electron chi connectivity index (χ4n) is 1.20. The minimum absolute atomic E-state index is 0.318. The van der Waals surface area contributed by atoms with Gasteiger partial charge in [-0.25, -0.2) is 9.97 Å². The maximum atomic E-state index is 5.89. The Hall–Kier alpha value is -0.710. The molecule has 3 nitrogen and oxygen atoms in total. The zero-order chi connectivity index (χ0) is 11.5. The van der Waals surface area contributed by atoms with E-state index in [4.69, 9.17) is 23.2 Å². The molecule has 0 amide bonds. The molecule has 0 saturated carbocycles. The van der Waals surface area contributed by atoms with E-state index in [1.807, 2.05) is 12.1 Å². The second-order valence-electron chi connectivity index (χ2n) is 3.07. The molecule has 0 aliphatic carbocycles. The van der Waals surface area contributed by atoms with Crippen LogP contribution in [0.2, 0.25) is 10.3 Å². The van der Waals surface area contributed by atoms with Gasteiger partial charge in [0.1, 0.15) is 16.1 Å². The minimum atomic E-state index is 0.318. The van der Waals surface area contributed by atoms with E-state index < -0.39 is 0 Å². The van der Waals surface area contributed by atoms with Gasteiger partial charge in [-0.3, -0.25) is 4.98 Å². The van der Waals surface area contributed by atoms with Crippen molar-refractivity contribution >= 4 is 39.1 Å². The van der Waals surface area contributed by atoms with E-state index >= 15 is 0 Å². The lowest BCUT2D eigenvalue weighted by atomic mass is 10.2. The van der Waals surface area contributed by atoms with Crippen molar-refractivity contribution in [2.75, 3.05) is 0 Å². The third kappa shape index (κ3) is 2.70. The summed E-state index contributed by atoms with van der Waals surface area (Å²) in [6.45, 7) is 0. The normalized spacial score (nSPS) is 10.4. The molecule has 0 aliphatic rings. The molecule has 0 aromatic carbocycles. The van der Waals surface area contributed by atoms with Crippen LogP contribution < -0.4 is 0 Å². The van der Waals surface area contributed by atoms with Crippen LogP contribution in [0.3, 0.4) is 0 Å². The number of rotatable bonds is 2. The summed E-state index contributed by atoms with van der Waals surface area (Å²) >= 11 is 15.0. The predicted molar refractivity (Wildman–Crippen MR) is 66.8 cm³/mol. The first-order chi connectivity index (χ1) is 7.66. The molecule has 0 unspecified atom stereocenters. The van der Waals surface area contributed by atoms with Gasteiger partial charge in [0.15, 0.2) is 0 Å². The van der Waals surface area contributed by atoms with Gasteiger partial charge >= 0.3 is 0 Å². The number of aromatic nitrogens is 3. The zero-order valence-electron chi connectivity index (χ0n) is 7.99. The summed E-state index contributed by atoms with van der Waals surface area (Å²) in [5, 5.41) is 0.637. The first-order valence-corrected chi connectivity index (χ1v) is 5.98. The molecule has 2 rings (SSSR count). The summed E-state index contributed by atoms with van der Waals surface area (Å²) in [6, 6.07) is 3.80. The molecule has 82 valence electrons. The van der Waals surface area contributed by atoms with Crippen LogP contribution >= 0.6 is 39.1 Å². The molecule has 16 heavy (non-hydrogen) atoms. The highest BCUT2D eigenvalue weighted by atomic mass is 79.9. The second-order valence-corrected chi connectivity index (χ2v) is 4.58. The first kappa shape index (κ1) is 11.8. The van der Waals surface area contributed by atoms with E-state index in [0.29, 0.717) is 27.0 Å². The van der Waals surface area contributed by atoms with E-state index in [9.17, 15) is 0 Å². The van der Waals surface area contributed by atoms with Crippen molar-refractivity contribution in [2.24, 2.45) is 0 Å². The maximum absolute atomic E-state index is 5.89. The number of hydrogen-bond acceptors (Lipinski definition) is 3. The van der Waals surface area contributed by atoms with Crippen molar-refractivity contribution in [3.8, 4) is 0 Å². The van der Waals surface area contributed by atoms with Gasteiger partial charge in [-0.15, -0.1) is 0 Å². The summed E-state index contributed by atoms with van der Waals surface area (Å²) in [4.78, 5) is 12.3. The number of pyridine rings is 1. The lowest BCUT2D eigenvalue weighted by Gasteiger charge is -2.03. The molecule has 0 fully saturated rings. The Morgan fingerprint density at radius 2 is 1.88 bits per heavy atom. The molecule has 2 heterocycles. The Balaban J connectivity index is 2.29. The summed E-state index contributed by atoms with van der Waals surface area (Å²) < 4.78 is 0.519. The van der Waals surface area contributed by atoms with Crippen LogP contribution in [-0.4, -0.2) is 15.0 Å². The molecule has 0 aliphatic heterocycles. The molecular weight excluding hydrogens is 313 g/mol. The topological polar surface area (TPSA) is 38.7 Å². The fourth-order valence-corrected chi connectivity index (χ4v) is 1.80. The van der Waals surface area contributed by atoms with Crippen LogP contribution in [0.1, 0.15) is 11.4 Å². The van der Waals surface area contributed by atoms with E-state index in [1.54, 1.807) is 12.4 Å². The summed E-state index contributed by atoms with van der Waals surface area (Å²) in [6.07, 6.45) is 4.03. The highest BCUT2D eigenvalue weighted by Crippen LogP contribution is 2.27. The number of hydrogen-bond donors (Lipinski definition) is 0. The quantitative estimate of drug-likeness (QED) is 0.795. The van der Waals surface area contributed by atoms with Crippen molar-refractivity contribution in [2.45, 2.75) is 6.42 Å². The van der Waals surface area contributed by atoms with E-state index in [-0.39, 0.29) is 0 Å². The third-order valence-electron chi connectivity index (χ3n) is 1.90. The summed E-state index contributed by atoms with van der Waals surface area (Å²) in [5.41, 5.74) is 1.01. The SMILES string of the molecule is Clc1nc(Cc2cccnc2)nc(Cl)c1Br. The molecule has 0 radical (unpaired) electrons. The Morgan fingerprint density at radius 3 is 2.44 bits per heavy atom. The predicted octanol–water partition coefficient (Wildman–Crippen LogP) is 3.53. The van der Waals surface area contributed by atoms with Crippen molar-refractivity contribution in [1.29, 1.82) is 0 Å². The van der Waals surface area contributed by atoms with Gasteiger partial charge in [-0.05, 0) is 27.6 Å². The Morgan fingerprint density at radius 1 is 1.19 bits per heavy atom. The number of nitrogens with zero attached hydrogens (tertiary/aromatic N) is 3. The van der Waals surface area contributed by atoms with Crippen molar-refractivity contribution in [3.05, 3.63) is 50.7 Å². The van der Waals surface area contributed by atoms with Crippen molar-refractivity contribution in [3.63, 3.8) is 0 Å². The van der Waals surface area contributed by atoms with Gasteiger partial charge in [0.2, 0.25) is 0 Å². The molecule has 2 aromatic rings. The molecule has 0 bridgehead atoms. The minimum Gasteiger partial charge on any atom is -0.264 e. The van der Waals surface area contributed by atoms with Gasteiger partial charge in [0.05, 0.1) is 4.47 Å².